The average Bonchev–Trinajstić information content (AvgIpc) is 2.80. The Bertz CT molecular complexity index is 505. The maximum Gasteiger partial charge on any atom is 0.329 e. The van der Waals surface area contributed by atoms with E-state index in [2.05, 4.69) is 17.0 Å². The summed E-state index contributed by atoms with van der Waals surface area (Å²) in [5, 5.41) is 10.9. The van der Waals surface area contributed by atoms with Crippen molar-refractivity contribution in [3.05, 3.63) is 0 Å². The Labute approximate surface area is 201 Å². The van der Waals surface area contributed by atoms with E-state index in [1.54, 1.807) is 0 Å². The van der Waals surface area contributed by atoms with E-state index >= 15 is 0 Å². The fourth-order valence-corrected chi connectivity index (χ4v) is 2.33. The van der Waals surface area contributed by atoms with Crippen molar-refractivity contribution >= 4 is 17.8 Å². The molecule has 34 heavy (non-hydrogen) atoms. The first-order valence-electron chi connectivity index (χ1n) is 11.7. The summed E-state index contributed by atoms with van der Waals surface area (Å²) in [7, 11) is 0. The SMILES string of the molecule is CCCCCC(=O)OCCOCCOCCOCCOCCOCCNC(=O)COCC(=O)O. The number of amides is 1. The Hall–Kier alpha value is -1.83. The lowest BCUT2D eigenvalue weighted by Gasteiger charge is -2.08. The van der Waals surface area contributed by atoms with E-state index in [4.69, 9.17) is 33.5 Å². The quantitative estimate of drug-likeness (QED) is 0.127. The summed E-state index contributed by atoms with van der Waals surface area (Å²) in [4.78, 5) is 32.9. The molecule has 0 aromatic heterocycles. The van der Waals surface area contributed by atoms with E-state index in [0.29, 0.717) is 79.0 Å². The summed E-state index contributed by atoms with van der Waals surface area (Å²) in [5.74, 6) is -1.70. The first kappa shape index (κ1) is 32.2. The van der Waals surface area contributed by atoms with E-state index in [1.807, 2.05) is 0 Å². The van der Waals surface area contributed by atoms with Gasteiger partial charge in [0.25, 0.3) is 0 Å². The number of carboxylic acid groups (broad SMARTS) is 1. The number of hydrogen-bond donors (Lipinski definition) is 2. The Morgan fingerprint density at radius 1 is 0.647 bits per heavy atom. The van der Waals surface area contributed by atoms with E-state index in [1.165, 1.54) is 0 Å². The Morgan fingerprint density at radius 3 is 1.65 bits per heavy atom. The minimum atomic E-state index is -1.12. The van der Waals surface area contributed by atoms with Crippen LogP contribution in [0.15, 0.2) is 0 Å². The monoisotopic (exact) mass is 495 g/mol. The summed E-state index contributed by atoms with van der Waals surface area (Å²) in [6, 6.07) is 0. The van der Waals surface area contributed by atoms with Crippen molar-refractivity contribution in [3.8, 4) is 0 Å². The topological polar surface area (TPSA) is 148 Å². The van der Waals surface area contributed by atoms with Crippen LogP contribution < -0.4 is 5.32 Å². The number of ether oxygens (including phenoxy) is 7. The zero-order valence-electron chi connectivity index (χ0n) is 20.3. The summed E-state index contributed by atoms with van der Waals surface area (Å²) >= 11 is 0. The molecule has 12 nitrogen and oxygen atoms in total. The van der Waals surface area contributed by atoms with Crippen LogP contribution in [0.2, 0.25) is 0 Å². The molecule has 0 aromatic carbocycles. The number of rotatable bonds is 26. The second-order valence-corrected chi connectivity index (χ2v) is 6.98. The van der Waals surface area contributed by atoms with Gasteiger partial charge in [-0.05, 0) is 6.42 Å². The van der Waals surface area contributed by atoms with Crippen molar-refractivity contribution in [2.24, 2.45) is 0 Å². The van der Waals surface area contributed by atoms with Crippen molar-refractivity contribution < 1.29 is 52.6 Å². The minimum absolute atomic E-state index is 0.175. The molecule has 0 radical (unpaired) electrons. The maximum atomic E-state index is 11.4. The third kappa shape index (κ3) is 26.4. The molecule has 1 amide bonds. The van der Waals surface area contributed by atoms with Gasteiger partial charge in [-0.1, -0.05) is 19.8 Å². The third-order valence-electron chi connectivity index (χ3n) is 3.99. The first-order chi connectivity index (χ1) is 16.6. The molecule has 0 unspecified atom stereocenters. The normalized spacial score (nSPS) is 10.9. The standard InChI is InChI=1S/C22H41NO11/c1-2-3-4-5-22(27)34-17-16-32-15-14-31-13-12-30-11-10-29-9-8-28-7-6-23-20(24)18-33-19-21(25)26/h2-19H2,1H3,(H,23,24)(H,25,26). The van der Waals surface area contributed by atoms with E-state index in [9.17, 15) is 14.4 Å². The predicted molar refractivity (Wildman–Crippen MR) is 121 cm³/mol. The van der Waals surface area contributed by atoms with Gasteiger partial charge < -0.3 is 43.6 Å². The van der Waals surface area contributed by atoms with Crippen molar-refractivity contribution in [3.63, 3.8) is 0 Å². The zero-order valence-corrected chi connectivity index (χ0v) is 20.3. The van der Waals surface area contributed by atoms with Crippen LogP contribution in [0.1, 0.15) is 32.6 Å². The predicted octanol–water partition coefficient (Wildman–Crippen LogP) is 0.410. The van der Waals surface area contributed by atoms with Crippen LogP contribution >= 0.6 is 0 Å². The van der Waals surface area contributed by atoms with E-state index < -0.39 is 18.5 Å². The second kappa shape index (κ2) is 25.8. The van der Waals surface area contributed by atoms with Gasteiger partial charge in [-0.15, -0.1) is 0 Å². The second-order valence-electron chi connectivity index (χ2n) is 6.98. The van der Waals surface area contributed by atoms with Crippen LogP contribution in [0.25, 0.3) is 0 Å². The molecule has 0 aromatic rings. The molecular formula is C22H41NO11. The number of hydrogen-bond acceptors (Lipinski definition) is 10. The van der Waals surface area contributed by atoms with Gasteiger partial charge in [-0.2, -0.15) is 0 Å². The molecule has 2 N–H and O–H groups in total. The van der Waals surface area contributed by atoms with Gasteiger partial charge in [0.1, 0.15) is 19.8 Å². The fraction of sp³-hybridized carbons (Fsp3) is 0.864. The Morgan fingerprint density at radius 2 is 1.15 bits per heavy atom. The third-order valence-corrected chi connectivity index (χ3v) is 3.99. The lowest BCUT2D eigenvalue weighted by molar-refractivity contribution is -0.146. The van der Waals surface area contributed by atoms with Crippen LogP contribution in [0.5, 0.6) is 0 Å². The number of carbonyl (C=O) groups excluding carboxylic acids is 2. The largest absolute Gasteiger partial charge is 0.480 e. The van der Waals surface area contributed by atoms with Crippen molar-refractivity contribution in [2.75, 3.05) is 92.4 Å². The van der Waals surface area contributed by atoms with Crippen LogP contribution in [-0.4, -0.2) is 115 Å². The summed E-state index contributed by atoms with van der Waals surface area (Å²) in [5.41, 5.74) is 0. The molecule has 0 saturated heterocycles. The molecule has 0 aliphatic carbocycles. The Kier molecular flexibility index (Phi) is 24.4. The minimum Gasteiger partial charge on any atom is -0.480 e. The fourth-order valence-electron chi connectivity index (χ4n) is 2.33. The van der Waals surface area contributed by atoms with Crippen LogP contribution in [0, 0.1) is 0 Å². The molecule has 0 aliphatic heterocycles. The summed E-state index contributed by atoms with van der Waals surface area (Å²) in [6.07, 6.45) is 3.45. The molecule has 200 valence electrons. The molecule has 0 spiro atoms. The van der Waals surface area contributed by atoms with E-state index in [0.717, 1.165) is 19.3 Å². The highest BCUT2D eigenvalue weighted by Crippen LogP contribution is 2.00. The van der Waals surface area contributed by atoms with Crippen molar-refractivity contribution in [2.45, 2.75) is 32.6 Å². The average molecular weight is 496 g/mol. The lowest BCUT2D eigenvalue weighted by atomic mass is 10.2. The number of carboxylic acids is 1. The highest BCUT2D eigenvalue weighted by Gasteiger charge is 2.03. The Balaban J connectivity index is 3.16. The number of aliphatic carboxylic acids is 1. The first-order valence-corrected chi connectivity index (χ1v) is 11.7. The van der Waals surface area contributed by atoms with E-state index in [-0.39, 0.29) is 19.2 Å². The molecule has 0 saturated carbocycles. The smallest absolute Gasteiger partial charge is 0.329 e. The highest BCUT2D eigenvalue weighted by molar-refractivity contribution is 5.77. The number of esters is 1. The van der Waals surface area contributed by atoms with Crippen LogP contribution in [0.3, 0.4) is 0 Å². The number of nitrogens with one attached hydrogen (secondary N) is 1. The van der Waals surface area contributed by atoms with Gasteiger partial charge in [0.2, 0.25) is 5.91 Å². The molecule has 12 heteroatoms. The zero-order chi connectivity index (χ0) is 25.1. The van der Waals surface area contributed by atoms with Crippen molar-refractivity contribution in [1.82, 2.24) is 5.32 Å². The van der Waals surface area contributed by atoms with Crippen molar-refractivity contribution in [1.29, 1.82) is 0 Å². The molecule has 0 bridgehead atoms. The molecule has 0 atom stereocenters. The molecule has 0 heterocycles. The van der Waals surface area contributed by atoms with Gasteiger partial charge in [-0.3, -0.25) is 9.59 Å². The molecule has 0 fully saturated rings. The van der Waals surface area contributed by atoms with Gasteiger partial charge >= 0.3 is 11.9 Å². The maximum absolute atomic E-state index is 11.4. The molecule has 0 rings (SSSR count). The number of carbonyl (C=O) groups is 3. The summed E-state index contributed by atoms with van der Waals surface area (Å²) in [6.45, 7) is 5.95. The number of unbranched alkanes of at least 4 members (excludes halogenated alkanes) is 2. The molecule has 0 aliphatic rings. The van der Waals surface area contributed by atoms with Crippen LogP contribution in [0.4, 0.5) is 0 Å². The van der Waals surface area contributed by atoms with Crippen LogP contribution in [-0.2, 0) is 47.5 Å². The van der Waals surface area contributed by atoms with Gasteiger partial charge in [0, 0.05) is 13.0 Å². The van der Waals surface area contributed by atoms with Gasteiger partial charge in [0.05, 0.1) is 66.1 Å². The molecular weight excluding hydrogens is 454 g/mol. The lowest BCUT2D eigenvalue weighted by Crippen LogP contribution is -2.31. The van der Waals surface area contributed by atoms with Gasteiger partial charge in [0.15, 0.2) is 0 Å². The van der Waals surface area contributed by atoms with Gasteiger partial charge in [-0.25, -0.2) is 4.79 Å². The summed E-state index contributed by atoms with van der Waals surface area (Å²) < 4.78 is 36.4. The highest BCUT2D eigenvalue weighted by atomic mass is 16.6.